The van der Waals surface area contributed by atoms with Gasteiger partial charge in [0.2, 0.25) is 0 Å². The lowest BCUT2D eigenvalue weighted by Crippen LogP contribution is -2.48. The molecule has 1 aliphatic rings. The van der Waals surface area contributed by atoms with Gasteiger partial charge >= 0.3 is 5.97 Å². The molecule has 16 heavy (non-hydrogen) atoms. The topological polar surface area (TPSA) is 43.8 Å². The van der Waals surface area contributed by atoms with Crippen LogP contribution in [-0.2, 0) is 4.79 Å². The quantitative estimate of drug-likeness (QED) is 0.674. The van der Waals surface area contributed by atoms with E-state index in [-0.39, 0.29) is 6.54 Å². The Kier molecular flexibility index (Phi) is 6.84. The van der Waals surface area contributed by atoms with Gasteiger partial charge in [0.05, 0.1) is 6.54 Å². The van der Waals surface area contributed by atoms with Crippen molar-refractivity contribution in [1.29, 1.82) is 0 Å². The van der Waals surface area contributed by atoms with E-state index in [9.17, 15) is 4.79 Å². The highest BCUT2D eigenvalue weighted by atomic mass is 32.2. The van der Waals surface area contributed by atoms with Gasteiger partial charge in [-0.2, -0.15) is 11.8 Å². The number of hydrogen-bond acceptors (Lipinski definition) is 4. The molecule has 0 aliphatic carbocycles. The van der Waals surface area contributed by atoms with Crippen molar-refractivity contribution in [3.8, 4) is 0 Å². The predicted octanol–water partition coefficient (Wildman–Crippen LogP) is 0.832. The third-order valence-electron chi connectivity index (χ3n) is 2.90. The van der Waals surface area contributed by atoms with Crippen LogP contribution in [0.25, 0.3) is 0 Å². The molecule has 0 aromatic rings. The van der Waals surface area contributed by atoms with Gasteiger partial charge in [-0.15, -0.1) is 0 Å². The lowest BCUT2D eigenvalue weighted by atomic mass is 10.2. The first-order valence-electron chi connectivity index (χ1n) is 5.88. The fraction of sp³-hybridized carbons (Fsp3) is 0.909. The molecule has 1 saturated heterocycles. The Labute approximate surface area is 102 Å². The number of aliphatic carboxylic acids is 1. The number of carboxylic acid groups (broad SMARTS) is 1. The van der Waals surface area contributed by atoms with Crippen LogP contribution in [0.4, 0.5) is 0 Å². The summed E-state index contributed by atoms with van der Waals surface area (Å²) >= 11 is 1.90. The van der Waals surface area contributed by atoms with E-state index in [1.54, 1.807) is 0 Å². The van der Waals surface area contributed by atoms with Gasteiger partial charge in [0.15, 0.2) is 0 Å². The second-order valence-corrected chi connectivity index (χ2v) is 5.20. The molecule has 0 atom stereocenters. The molecule has 0 radical (unpaired) electrons. The summed E-state index contributed by atoms with van der Waals surface area (Å²) in [7, 11) is 0. The Morgan fingerprint density at radius 1 is 1.19 bits per heavy atom. The van der Waals surface area contributed by atoms with Gasteiger partial charge in [-0.3, -0.25) is 9.69 Å². The second-order valence-electron chi connectivity index (χ2n) is 4.21. The van der Waals surface area contributed by atoms with Crippen LogP contribution in [0.3, 0.4) is 0 Å². The van der Waals surface area contributed by atoms with E-state index in [0.29, 0.717) is 0 Å². The molecule has 1 rings (SSSR count). The number of carboxylic acids is 1. The fourth-order valence-electron chi connectivity index (χ4n) is 1.94. The molecule has 0 amide bonds. The Morgan fingerprint density at radius 3 is 2.38 bits per heavy atom. The van der Waals surface area contributed by atoms with Crippen molar-refractivity contribution in [2.75, 3.05) is 51.3 Å². The average Bonchev–Trinajstić information content (AvgIpc) is 2.26. The van der Waals surface area contributed by atoms with E-state index in [1.165, 1.54) is 25.1 Å². The molecular weight excluding hydrogens is 224 g/mol. The minimum Gasteiger partial charge on any atom is -0.480 e. The van der Waals surface area contributed by atoms with Gasteiger partial charge in [0, 0.05) is 26.2 Å². The molecule has 4 nitrogen and oxygen atoms in total. The smallest absolute Gasteiger partial charge is 0.317 e. The summed E-state index contributed by atoms with van der Waals surface area (Å²) in [4.78, 5) is 15.0. The lowest BCUT2D eigenvalue weighted by molar-refractivity contribution is -0.138. The number of thioether (sulfide) groups is 1. The van der Waals surface area contributed by atoms with E-state index in [4.69, 9.17) is 5.11 Å². The van der Waals surface area contributed by atoms with Crippen molar-refractivity contribution in [3.05, 3.63) is 0 Å². The first-order valence-corrected chi connectivity index (χ1v) is 7.27. The highest BCUT2D eigenvalue weighted by molar-refractivity contribution is 7.98. The predicted molar refractivity (Wildman–Crippen MR) is 68.1 cm³/mol. The van der Waals surface area contributed by atoms with Crippen LogP contribution in [0.5, 0.6) is 0 Å². The number of rotatable bonds is 7. The molecule has 5 heteroatoms. The minimum absolute atomic E-state index is 0.195. The number of hydrogen-bond donors (Lipinski definition) is 1. The first-order chi connectivity index (χ1) is 7.72. The Balaban J connectivity index is 2.05. The number of carbonyl (C=O) groups is 1. The molecular formula is C11H22N2O2S. The van der Waals surface area contributed by atoms with E-state index < -0.39 is 5.97 Å². The van der Waals surface area contributed by atoms with Crippen molar-refractivity contribution >= 4 is 17.7 Å². The largest absolute Gasteiger partial charge is 0.480 e. The molecule has 0 bridgehead atoms. The summed E-state index contributed by atoms with van der Waals surface area (Å²) in [6, 6.07) is 0. The zero-order chi connectivity index (χ0) is 11.8. The van der Waals surface area contributed by atoms with Gasteiger partial charge < -0.3 is 10.0 Å². The zero-order valence-corrected chi connectivity index (χ0v) is 10.8. The molecule has 0 saturated carbocycles. The lowest BCUT2D eigenvalue weighted by Gasteiger charge is -2.33. The standard InChI is InChI=1S/C11H22N2O2S/c1-16-9-3-2-4-12-5-7-13(8-6-12)10-11(14)15/h2-10H2,1H3,(H,14,15). The van der Waals surface area contributed by atoms with Crippen LogP contribution in [0.1, 0.15) is 12.8 Å². The van der Waals surface area contributed by atoms with Crippen molar-refractivity contribution in [2.45, 2.75) is 12.8 Å². The number of piperazine rings is 1. The molecule has 1 heterocycles. The maximum absolute atomic E-state index is 10.5. The Hall–Kier alpha value is -0.260. The Morgan fingerprint density at radius 2 is 1.81 bits per heavy atom. The van der Waals surface area contributed by atoms with E-state index in [2.05, 4.69) is 11.2 Å². The Bertz CT molecular complexity index is 206. The number of unbranched alkanes of at least 4 members (excludes halogenated alkanes) is 1. The van der Waals surface area contributed by atoms with Crippen molar-refractivity contribution in [3.63, 3.8) is 0 Å². The summed E-state index contributed by atoms with van der Waals surface area (Å²) < 4.78 is 0. The normalized spacial score (nSPS) is 18.8. The summed E-state index contributed by atoms with van der Waals surface area (Å²) in [5.41, 5.74) is 0. The van der Waals surface area contributed by atoms with Crippen LogP contribution >= 0.6 is 11.8 Å². The fourth-order valence-corrected chi connectivity index (χ4v) is 2.44. The molecule has 94 valence electrons. The minimum atomic E-state index is -0.714. The van der Waals surface area contributed by atoms with Crippen molar-refractivity contribution in [1.82, 2.24) is 9.80 Å². The molecule has 0 unspecified atom stereocenters. The molecule has 0 aromatic heterocycles. The molecule has 0 aromatic carbocycles. The van der Waals surface area contributed by atoms with E-state index in [0.717, 1.165) is 26.2 Å². The highest BCUT2D eigenvalue weighted by Gasteiger charge is 2.17. The third kappa shape index (κ3) is 5.72. The van der Waals surface area contributed by atoms with Crippen LogP contribution in [0.2, 0.25) is 0 Å². The van der Waals surface area contributed by atoms with Crippen LogP contribution in [-0.4, -0.2) is 72.2 Å². The van der Waals surface area contributed by atoms with Gasteiger partial charge in [0.1, 0.15) is 0 Å². The second kappa shape index (κ2) is 7.92. The van der Waals surface area contributed by atoms with Crippen molar-refractivity contribution in [2.24, 2.45) is 0 Å². The summed E-state index contributed by atoms with van der Waals surface area (Å²) in [6.45, 7) is 5.20. The van der Waals surface area contributed by atoms with Crippen LogP contribution in [0, 0.1) is 0 Å². The highest BCUT2D eigenvalue weighted by Crippen LogP contribution is 2.05. The summed E-state index contributed by atoms with van der Waals surface area (Å²) in [5, 5.41) is 8.67. The molecule has 1 N–H and O–H groups in total. The summed E-state index contributed by atoms with van der Waals surface area (Å²) in [5.74, 6) is 0.535. The average molecular weight is 246 g/mol. The monoisotopic (exact) mass is 246 g/mol. The number of nitrogens with zero attached hydrogens (tertiary/aromatic N) is 2. The van der Waals surface area contributed by atoms with Gasteiger partial charge in [-0.05, 0) is 31.4 Å². The maximum atomic E-state index is 10.5. The van der Waals surface area contributed by atoms with Crippen LogP contribution in [0.15, 0.2) is 0 Å². The SMILES string of the molecule is CSCCCCN1CCN(CC(=O)O)CC1. The molecule has 1 aliphatic heterocycles. The molecule has 1 fully saturated rings. The van der Waals surface area contributed by atoms with E-state index >= 15 is 0 Å². The third-order valence-corrected chi connectivity index (χ3v) is 3.59. The first kappa shape index (κ1) is 13.8. The van der Waals surface area contributed by atoms with Gasteiger partial charge in [-0.1, -0.05) is 0 Å². The summed E-state index contributed by atoms with van der Waals surface area (Å²) in [6.07, 6.45) is 4.70. The van der Waals surface area contributed by atoms with Gasteiger partial charge in [0.25, 0.3) is 0 Å². The molecule has 0 spiro atoms. The van der Waals surface area contributed by atoms with Crippen molar-refractivity contribution < 1.29 is 9.90 Å². The van der Waals surface area contributed by atoms with Crippen LogP contribution < -0.4 is 0 Å². The van der Waals surface area contributed by atoms with E-state index in [1.807, 2.05) is 16.7 Å². The van der Waals surface area contributed by atoms with Gasteiger partial charge in [-0.25, -0.2) is 0 Å². The zero-order valence-electron chi connectivity index (χ0n) is 10.0. The maximum Gasteiger partial charge on any atom is 0.317 e.